The lowest BCUT2D eigenvalue weighted by Gasteiger charge is -2.37. The number of para-hydroxylation sites is 1. The van der Waals surface area contributed by atoms with Crippen LogP contribution < -0.4 is 10.6 Å². The van der Waals surface area contributed by atoms with E-state index in [1.165, 1.54) is 6.07 Å². The maximum Gasteiger partial charge on any atom is 0.239 e. The summed E-state index contributed by atoms with van der Waals surface area (Å²) in [6.45, 7) is 2.36. The Hall–Kier alpha value is -2.11. The summed E-state index contributed by atoms with van der Waals surface area (Å²) in [7, 11) is 0. The van der Waals surface area contributed by atoms with Crippen LogP contribution in [0.4, 0.5) is 10.1 Å². The van der Waals surface area contributed by atoms with E-state index in [1.807, 2.05) is 41.3 Å². The highest BCUT2D eigenvalue weighted by Gasteiger charge is 2.26. The van der Waals surface area contributed by atoms with E-state index in [9.17, 15) is 9.18 Å². The molecule has 0 bridgehead atoms. The summed E-state index contributed by atoms with van der Waals surface area (Å²) >= 11 is 0. The van der Waals surface area contributed by atoms with Gasteiger partial charge >= 0.3 is 0 Å². The molecule has 1 amide bonds. The normalized spacial score (nSPS) is 15.4. The Morgan fingerprint density at radius 3 is 2.24 bits per heavy atom. The summed E-state index contributed by atoms with van der Waals surface area (Å²) < 4.78 is 13.9. The third kappa shape index (κ3) is 4.71. The highest BCUT2D eigenvalue weighted by atomic mass is 35.5. The predicted molar refractivity (Wildman–Crippen MR) is 101 cm³/mol. The minimum atomic E-state index is -0.535. The van der Waals surface area contributed by atoms with Crippen LogP contribution in [0.1, 0.15) is 5.56 Å². The van der Waals surface area contributed by atoms with Gasteiger partial charge in [0.15, 0.2) is 0 Å². The Kier molecular flexibility index (Phi) is 6.79. The molecule has 0 spiro atoms. The zero-order chi connectivity index (χ0) is 16.9. The second kappa shape index (κ2) is 8.83. The second-order valence-electron chi connectivity index (χ2n) is 6.06. The fraction of sp³-hybridized carbons (Fsp3) is 0.316. The van der Waals surface area contributed by atoms with E-state index in [0.29, 0.717) is 38.3 Å². The molecule has 1 aliphatic heterocycles. The Balaban J connectivity index is 0.00000225. The van der Waals surface area contributed by atoms with Crippen molar-refractivity contribution in [2.75, 3.05) is 31.1 Å². The molecule has 134 valence electrons. The highest BCUT2D eigenvalue weighted by Crippen LogP contribution is 2.20. The first kappa shape index (κ1) is 19.2. The molecule has 2 aromatic rings. The number of amides is 1. The van der Waals surface area contributed by atoms with Gasteiger partial charge in [-0.25, -0.2) is 4.39 Å². The Morgan fingerprint density at radius 2 is 1.60 bits per heavy atom. The van der Waals surface area contributed by atoms with Crippen LogP contribution in [0.3, 0.4) is 0 Å². The van der Waals surface area contributed by atoms with Crippen LogP contribution in [-0.4, -0.2) is 43.0 Å². The maximum atomic E-state index is 13.9. The van der Waals surface area contributed by atoms with E-state index in [4.69, 9.17) is 5.73 Å². The van der Waals surface area contributed by atoms with E-state index in [2.05, 4.69) is 0 Å². The Labute approximate surface area is 153 Å². The number of carbonyl (C=O) groups excluding carboxylic acids is 1. The molecule has 1 atom stereocenters. The number of nitrogens with two attached hydrogens (primary N) is 1. The lowest BCUT2D eigenvalue weighted by atomic mass is 10.1. The van der Waals surface area contributed by atoms with E-state index >= 15 is 0 Å². The first-order valence-electron chi connectivity index (χ1n) is 8.23. The fourth-order valence-electron chi connectivity index (χ4n) is 3.07. The molecule has 1 aliphatic rings. The standard InChI is InChI=1S/C19H22FN3O.ClH/c20-16-8-4-5-9-18(16)22-10-12-23(13-11-22)19(24)17(21)14-15-6-2-1-3-7-15;/h1-9,17H,10-14,21H2;1H. The zero-order valence-corrected chi connectivity index (χ0v) is 14.8. The molecule has 3 rings (SSSR count). The van der Waals surface area contributed by atoms with Crippen molar-refractivity contribution in [3.63, 3.8) is 0 Å². The number of hydrogen-bond acceptors (Lipinski definition) is 3. The summed E-state index contributed by atoms with van der Waals surface area (Å²) in [6.07, 6.45) is 0.535. The number of carbonyl (C=O) groups is 1. The van der Waals surface area contributed by atoms with Gasteiger partial charge in [-0.1, -0.05) is 42.5 Å². The molecule has 2 N–H and O–H groups in total. The summed E-state index contributed by atoms with van der Waals surface area (Å²) in [5, 5.41) is 0. The molecule has 25 heavy (non-hydrogen) atoms. The van der Waals surface area contributed by atoms with Gasteiger partial charge in [-0.05, 0) is 24.1 Å². The molecule has 0 aromatic heterocycles. The van der Waals surface area contributed by atoms with E-state index in [0.717, 1.165) is 5.56 Å². The molecule has 0 radical (unpaired) electrons. The van der Waals surface area contributed by atoms with Gasteiger partial charge < -0.3 is 15.5 Å². The number of nitrogens with zero attached hydrogens (tertiary/aromatic N) is 2. The summed E-state index contributed by atoms with van der Waals surface area (Å²) in [5.41, 5.74) is 7.74. The monoisotopic (exact) mass is 363 g/mol. The number of anilines is 1. The van der Waals surface area contributed by atoms with Crippen LogP contribution >= 0.6 is 12.4 Å². The molecule has 0 aliphatic carbocycles. The van der Waals surface area contributed by atoms with Crippen molar-refractivity contribution in [1.82, 2.24) is 4.90 Å². The van der Waals surface area contributed by atoms with Gasteiger partial charge in [0.25, 0.3) is 0 Å². The van der Waals surface area contributed by atoms with Crippen molar-refractivity contribution in [3.8, 4) is 0 Å². The van der Waals surface area contributed by atoms with Crippen LogP contribution in [0.2, 0.25) is 0 Å². The first-order valence-corrected chi connectivity index (χ1v) is 8.23. The van der Waals surface area contributed by atoms with E-state index in [-0.39, 0.29) is 24.1 Å². The molecule has 1 fully saturated rings. The molecule has 1 saturated heterocycles. The van der Waals surface area contributed by atoms with Gasteiger partial charge in [0.1, 0.15) is 5.82 Å². The van der Waals surface area contributed by atoms with Crippen molar-refractivity contribution in [1.29, 1.82) is 0 Å². The average Bonchev–Trinajstić information content (AvgIpc) is 2.62. The number of rotatable bonds is 4. The minimum absolute atomic E-state index is 0. The van der Waals surface area contributed by atoms with Crippen LogP contribution in [0, 0.1) is 5.82 Å². The van der Waals surface area contributed by atoms with Crippen molar-refractivity contribution < 1.29 is 9.18 Å². The van der Waals surface area contributed by atoms with E-state index < -0.39 is 6.04 Å². The van der Waals surface area contributed by atoms with Gasteiger partial charge in [0.05, 0.1) is 11.7 Å². The summed E-state index contributed by atoms with van der Waals surface area (Å²) in [4.78, 5) is 16.3. The van der Waals surface area contributed by atoms with Gasteiger partial charge in [-0.15, -0.1) is 12.4 Å². The lowest BCUT2D eigenvalue weighted by molar-refractivity contribution is -0.132. The van der Waals surface area contributed by atoms with Crippen LogP contribution in [0.15, 0.2) is 54.6 Å². The maximum absolute atomic E-state index is 13.9. The average molecular weight is 364 g/mol. The SMILES string of the molecule is Cl.NC(Cc1ccccc1)C(=O)N1CCN(c2ccccc2F)CC1. The summed E-state index contributed by atoms with van der Waals surface area (Å²) in [6, 6.07) is 16.0. The van der Waals surface area contributed by atoms with Crippen LogP contribution in [-0.2, 0) is 11.2 Å². The third-order valence-corrected chi connectivity index (χ3v) is 4.40. The largest absolute Gasteiger partial charge is 0.366 e. The quantitative estimate of drug-likeness (QED) is 0.907. The number of halogens is 2. The molecule has 2 aromatic carbocycles. The second-order valence-corrected chi connectivity index (χ2v) is 6.06. The number of hydrogen-bond donors (Lipinski definition) is 1. The smallest absolute Gasteiger partial charge is 0.239 e. The minimum Gasteiger partial charge on any atom is -0.366 e. The Bertz CT molecular complexity index is 690. The number of piperazine rings is 1. The van der Waals surface area contributed by atoms with Crippen LogP contribution in [0.5, 0.6) is 0 Å². The van der Waals surface area contributed by atoms with Crippen molar-refractivity contribution in [2.24, 2.45) is 5.73 Å². The van der Waals surface area contributed by atoms with Gasteiger partial charge in [-0.2, -0.15) is 0 Å². The third-order valence-electron chi connectivity index (χ3n) is 4.40. The molecule has 6 heteroatoms. The van der Waals surface area contributed by atoms with Crippen molar-refractivity contribution in [3.05, 3.63) is 66.0 Å². The molecular formula is C19H23ClFN3O. The predicted octanol–water partition coefficient (Wildman–Crippen LogP) is 2.47. The molecule has 1 heterocycles. The van der Waals surface area contributed by atoms with Crippen molar-refractivity contribution in [2.45, 2.75) is 12.5 Å². The van der Waals surface area contributed by atoms with Crippen molar-refractivity contribution >= 4 is 24.0 Å². The molecule has 0 saturated carbocycles. The van der Waals surface area contributed by atoms with Gasteiger partial charge in [0, 0.05) is 26.2 Å². The first-order chi connectivity index (χ1) is 11.6. The topological polar surface area (TPSA) is 49.6 Å². The fourth-order valence-corrected chi connectivity index (χ4v) is 3.07. The molecular weight excluding hydrogens is 341 g/mol. The highest BCUT2D eigenvalue weighted by molar-refractivity contribution is 5.85. The van der Waals surface area contributed by atoms with E-state index in [1.54, 1.807) is 17.0 Å². The number of benzene rings is 2. The van der Waals surface area contributed by atoms with Crippen LogP contribution in [0.25, 0.3) is 0 Å². The summed E-state index contributed by atoms with van der Waals surface area (Å²) in [5.74, 6) is -0.259. The molecule has 1 unspecified atom stereocenters. The molecule has 4 nitrogen and oxygen atoms in total. The lowest BCUT2D eigenvalue weighted by Crippen LogP contribution is -2.53. The zero-order valence-electron chi connectivity index (χ0n) is 14.0. The Morgan fingerprint density at radius 1 is 1.00 bits per heavy atom. The van der Waals surface area contributed by atoms with Gasteiger partial charge in [-0.3, -0.25) is 4.79 Å². The van der Waals surface area contributed by atoms with Gasteiger partial charge in [0.2, 0.25) is 5.91 Å².